The minimum Gasteiger partial charge on any atom is -0.479 e. The molecule has 1 N–H and O–H groups in total. The van der Waals surface area contributed by atoms with E-state index >= 15 is 4.39 Å². The summed E-state index contributed by atoms with van der Waals surface area (Å²) in [6.45, 7) is 1.03. The fraction of sp³-hybridized carbons (Fsp3) is 0.478. The molecule has 1 saturated heterocycles. The Hall–Kier alpha value is -3.48. The molecule has 1 aromatic carbocycles. The van der Waals surface area contributed by atoms with E-state index in [1.807, 2.05) is 11.9 Å². The number of benzene rings is 1. The van der Waals surface area contributed by atoms with Gasteiger partial charge in [-0.25, -0.2) is 26.8 Å². The van der Waals surface area contributed by atoms with Gasteiger partial charge in [-0.3, -0.25) is 0 Å². The molecule has 0 radical (unpaired) electrons. The molecule has 0 unspecified atom stereocenters. The topological polar surface area (TPSA) is 85.4 Å². The van der Waals surface area contributed by atoms with E-state index in [-0.39, 0.29) is 35.8 Å². The third-order valence-electron chi connectivity index (χ3n) is 6.98. The fourth-order valence-electron chi connectivity index (χ4n) is 5.05. The minimum absolute atomic E-state index is 0.111. The van der Waals surface area contributed by atoms with Gasteiger partial charge >= 0.3 is 0 Å². The number of halogens is 4. The normalized spacial score (nSPS) is 22.7. The van der Waals surface area contributed by atoms with Crippen LogP contribution in [0, 0.1) is 5.82 Å². The Bertz CT molecular complexity index is 1450. The second-order valence-electron chi connectivity index (χ2n) is 9.56. The third kappa shape index (κ3) is 3.81. The van der Waals surface area contributed by atoms with E-state index in [9.17, 15) is 13.2 Å². The Morgan fingerprint density at radius 2 is 2.03 bits per heavy atom. The zero-order valence-corrected chi connectivity index (χ0v) is 19.6. The average molecular weight is 504 g/mol. The van der Waals surface area contributed by atoms with Crippen LogP contribution in [0.1, 0.15) is 25.3 Å². The summed E-state index contributed by atoms with van der Waals surface area (Å²) in [7, 11) is 3.27. The van der Waals surface area contributed by atoms with Crippen LogP contribution in [0.2, 0.25) is 0 Å². The van der Waals surface area contributed by atoms with Crippen molar-refractivity contribution in [1.82, 2.24) is 34.5 Å². The number of aromatic nitrogens is 6. The van der Waals surface area contributed by atoms with E-state index in [4.69, 9.17) is 4.74 Å². The van der Waals surface area contributed by atoms with Crippen LogP contribution in [0.5, 0.6) is 5.88 Å². The SMILES string of the molecule is COc1nc(N[C@@H]2CCN(C)C[C@@H]2F)nn2cc(F)c(-c3ccc4nnn(C5CC(F)(F)C5)c4c3)c12. The minimum atomic E-state index is -2.71. The van der Waals surface area contributed by atoms with Gasteiger partial charge in [-0.15, -0.1) is 10.2 Å². The van der Waals surface area contributed by atoms with Crippen LogP contribution < -0.4 is 10.1 Å². The molecule has 2 atom stereocenters. The highest BCUT2D eigenvalue weighted by Crippen LogP contribution is 2.46. The van der Waals surface area contributed by atoms with Crippen molar-refractivity contribution in [2.75, 3.05) is 32.6 Å². The summed E-state index contributed by atoms with van der Waals surface area (Å²) in [6.07, 6.45) is 0.0445. The molecule has 4 heterocycles. The summed E-state index contributed by atoms with van der Waals surface area (Å²) in [4.78, 5) is 6.29. The Morgan fingerprint density at radius 3 is 2.75 bits per heavy atom. The number of anilines is 1. The number of methoxy groups -OCH3 is 1. The van der Waals surface area contributed by atoms with Crippen LogP contribution in [0.3, 0.4) is 0 Å². The van der Waals surface area contributed by atoms with Crippen LogP contribution in [0.15, 0.2) is 24.4 Å². The molecule has 3 aromatic heterocycles. The highest BCUT2D eigenvalue weighted by atomic mass is 19.3. The van der Waals surface area contributed by atoms with E-state index < -0.39 is 30.0 Å². The van der Waals surface area contributed by atoms with E-state index in [2.05, 4.69) is 25.7 Å². The molecule has 2 fully saturated rings. The summed E-state index contributed by atoms with van der Waals surface area (Å²) in [5.74, 6) is -3.05. The maximum Gasteiger partial charge on any atom is 0.252 e. The van der Waals surface area contributed by atoms with Gasteiger partial charge in [0.2, 0.25) is 11.8 Å². The summed E-state index contributed by atoms with van der Waals surface area (Å²) < 4.78 is 65.0. The number of nitrogens with zero attached hydrogens (tertiary/aromatic N) is 7. The van der Waals surface area contributed by atoms with Crippen LogP contribution in [-0.2, 0) is 0 Å². The number of nitrogens with one attached hydrogen (secondary N) is 1. The molecule has 4 aromatic rings. The zero-order chi connectivity index (χ0) is 25.2. The van der Waals surface area contributed by atoms with Crippen molar-refractivity contribution in [2.24, 2.45) is 0 Å². The maximum absolute atomic E-state index is 15.3. The Kier molecular flexibility index (Phi) is 5.28. The number of alkyl halides is 3. The predicted octanol–water partition coefficient (Wildman–Crippen LogP) is 3.71. The van der Waals surface area contributed by atoms with E-state index in [1.54, 1.807) is 18.2 Å². The molecule has 1 aliphatic heterocycles. The summed E-state index contributed by atoms with van der Waals surface area (Å²) >= 11 is 0. The number of hydrogen-bond acceptors (Lipinski definition) is 7. The van der Waals surface area contributed by atoms with Crippen molar-refractivity contribution < 1.29 is 22.3 Å². The monoisotopic (exact) mass is 504 g/mol. The van der Waals surface area contributed by atoms with Gasteiger partial charge in [0.05, 0.1) is 36.5 Å². The summed E-state index contributed by atoms with van der Waals surface area (Å²) in [5, 5.41) is 15.5. The first kappa shape index (κ1) is 23.0. The van der Waals surface area contributed by atoms with Gasteiger partial charge in [-0.05, 0) is 31.2 Å². The lowest BCUT2D eigenvalue weighted by molar-refractivity contribution is -0.106. The van der Waals surface area contributed by atoms with Gasteiger partial charge in [-0.1, -0.05) is 11.3 Å². The van der Waals surface area contributed by atoms with Crippen molar-refractivity contribution in [3.8, 4) is 17.0 Å². The lowest BCUT2D eigenvalue weighted by Crippen LogP contribution is -2.46. The van der Waals surface area contributed by atoms with Gasteiger partial charge in [0.1, 0.15) is 17.2 Å². The predicted molar refractivity (Wildman–Crippen MR) is 124 cm³/mol. The molecule has 2 aliphatic rings. The van der Waals surface area contributed by atoms with E-state index in [1.165, 1.54) is 22.5 Å². The highest BCUT2D eigenvalue weighted by molar-refractivity contribution is 5.89. The average Bonchev–Trinajstić information content (AvgIpc) is 3.38. The van der Waals surface area contributed by atoms with Crippen molar-refractivity contribution in [1.29, 1.82) is 0 Å². The Morgan fingerprint density at radius 1 is 1.22 bits per heavy atom. The molecule has 13 heteroatoms. The molecular formula is C23H24F4N8O. The molecule has 1 aliphatic carbocycles. The largest absolute Gasteiger partial charge is 0.479 e. The first-order chi connectivity index (χ1) is 17.2. The first-order valence-corrected chi connectivity index (χ1v) is 11.7. The number of rotatable bonds is 5. The smallest absolute Gasteiger partial charge is 0.252 e. The first-order valence-electron chi connectivity index (χ1n) is 11.7. The lowest BCUT2D eigenvalue weighted by atomic mass is 9.88. The van der Waals surface area contributed by atoms with Gasteiger partial charge in [0.15, 0.2) is 5.82 Å². The van der Waals surface area contributed by atoms with Gasteiger partial charge in [0, 0.05) is 25.9 Å². The van der Waals surface area contributed by atoms with Crippen LogP contribution >= 0.6 is 0 Å². The lowest BCUT2D eigenvalue weighted by Gasteiger charge is -2.34. The van der Waals surface area contributed by atoms with E-state index in [0.29, 0.717) is 29.6 Å². The quantitative estimate of drug-likeness (QED) is 0.415. The number of fused-ring (bicyclic) bond motifs is 2. The molecule has 0 amide bonds. The van der Waals surface area contributed by atoms with Crippen molar-refractivity contribution >= 4 is 22.5 Å². The van der Waals surface area contributed by atoms with Crippen molar-refractivity contribution in [3.63, 3.8) is 0 Å². The number of piperidine rings is 1. The van der Waals surface area contributed by atoms with Crippen molar-refractivity contribution in [2.45, 2.75) is 43.4 Å². The molecule has 0 spiro atoms. The maximum atomic E-state index is 15.3. The standard InChI is InChI=1S/C23H24F4N8O/c1-33-6-5-16(14(24)10-33)28-22-29-21(36-2)20-19(15(25)11-34(20)31-22)12-3-4-17-18(7-12)35(32-30-17)13-8-23(26,27)9-13/h3-4,7,11,13-14,16H,5-6,8-10H2,1-2H3,(H,28,31)/t14-,16+/m0/s1. The van der Waals surface area contributed by atoms with Crippen LogP contribution in [0.25, 0.3) is 27.7 Å². The van der Waals surface area contributed by atoms with Gasteiger partial charge in [-0.2, -0.15) is 4.98 Å². The third-order valence-corrected chi connectivity index (χ3v) is 6.98. The number of ether oxygens (including phenoxy) is 1. The molecule has 9 nitrogen and oxygen atoms in total. The molecule has 36 heavy (non-hydrogen) atoms. The molecule has 6 rings (SSSR count). The van der Waals surface area contributed by atoms with Gasteiger partial charge in [0.25, 0.3) is 5.92 Å². The van der Waals surface area contributed by atoms with E-state index in [0.717, 1.165) is 6.54 Å². The molecular weight excluding hydrogens is 480 g/mol. The Balaban J connectivity index is 1.38. The fourth-order valence-corrected chi connectivity index (χ4v) is 5.05. The molecule has 1 saturated carbocycles. The second-order valence-corrected chi connectivity index (χ2v) is 9.56. The van der Waals surface area contributed by atoms with Crippen LogP contribution in [0.4, 0.5) is 23.5 Å². The number of likely N-dealkylation sites (tertiary alicyclic amines) is 1. The highest BCUT2D eigenvalue weighted by Gasteiger charge is 2.47. The summed E-state index contributed by atoms with van der Waals surface area (Å²) in [5.41, 5.74) is 2.00. The van der Waals surface area contributed by atoms with Gasteiger partial charge < -0.3 is 15.0 Å². The molecule has 190 valence electrons. The second kappa shape index (κ2) is 8.29. The summed E-state index contributed by atoms with van der Waals surface area (Å²) in [6, 6.07) is 4.06. The number of hydrogen-bond donors (Lipinski definition) is 1. The zero-order valence-electron chi connectivity index (χ0n) is 19.6. The molecule has 0 bridgehead atoms. The Labute approximate surface area is 203 Å². The van der Waals surface area contributed by atoms with Crippen molar-refractivity contribution in [3.05, 3.63) is 30.2 Å². The van der Waals surface area contributed by atoms with Crippen LogP contribution in [-0.4, -0.2) is 79.9 Å².